The van der Waals surface area contributed by atoms with Crippen LogP contribution >= 0.6 is 0 Å². The molecule has 0 bridgehead atoms. The second-order valence-electron chi connectivity index (χ2n) is 12.1. The molecule has 8 nitrogen and oxygen atoms in total. The van der Waals surface area contributed by atoms with E-state index in [1.54, 1.807) is 0 Å². The molecule has 5 aliphatic rings. The van der Waals surface area contributed by atoms with E-state index in [1.807, 2.05) is 7.05 Å². The average Bonchev–Trinajstić information content (AvgIpc) is 3.19. The van der Waals surface area contributed by atoms with Crippen molar-refractivity contribution in [1.82, 2.24) is 37.0 Å². The van der Waals surface area contributed by atoms with Gasteiger partial charge >= 0.3 is 0 Å². The van der Waals surface area contributed by atoms with Gasteiger partial charge in [-0.3, -0.25) is 20.7 Å². The van der Waals surface area contributed by atoms with E-state index < -0.39 is 0 Å². The quantitative estimate of drug-likeness (QED) is 0.355. The van der Waals surface area contributed by atoms with Crippen molar-refractivity contribution in [2.24, 2.45) is 23.7 Å². The summed E-state index contributed by atoms with van der Waals surface area (Å²) in [6.07, 6.45) is 11.2. The van der Waals surface area contributed by atoms with Crippen LogP contribution < -0.4 is 32.0 Å². The third-order valence-electron chi connectivity index (χ3n) is 9.84. The van der Waals surface area contributed by atoms with E-state index >= 15 is 0 Å². The van der Waals surface area contributed by atoms with E-state index in [0.29, 0.717) is 24.0 Å². The molecule has 194 valence electrons. The van der Waals surface area contributed by atoms with Crippen LogP contribution in [-0.2, 0) is 4.79 Å². The molecule has 5 rings (SSSR count). The highest BCUT2D eigenvalue weighted by molar-refractivity contribution is 5.82. The Hall–Kier alpha value is -0.770. The lowest BCUT2D eigenvalue weighted by atomic mass is 9.67. The van der Waals surface area contributed by atoms with E-state index in [0.717, 1.165) is 50.0 Å². The van der Waals surface area contributed by atoms with E-state index in [2.05, 4.69) is 50.9 Å². The molecular formula is C26H49N7O. The molecule has 0 aromatic rings. The molecule has 3 heterocycles. The van der Waals surface area contributed by atoms with Crippen LogP contribution in [0.2, 0.25) is 0 Å². The fraction of sp³-hybridized carbons (Fsp3) is 0.962. The predicted molar refractivity (Wildman–Crippen MR) is 136 cm³/mol. The molecule has 0 radical (unpaired) electrons. The molecule has 3 aliphatic heterocycles. The number of hydrazine groups is 1. The van der Waals surface area contributed by atoms with Gasteiger partial charge in [0.1, 0.15) is 12.3 Å². The maximum Gasteiger partial charge on any atom is 0.238 e. The minimum absolute atomic E-state index is 0.0964. The monoisotopic (exact) mass is 475 g/mol. The van der Waals surface area contributed by atoms with Gasteiger partial charge < -0.3 is 10.6 Å². The van der Waals surface area contributed by atoms with Gasteiger partial charge in [0.15, 0.2) is 0 Å². The zero-order chi connectivity index (χ0) is 23.7. The minimum Gasteiger partial charge on any atom is -0.352 e. The summed E-state index contributed by atoms with van der Waals surface area (Å²) in [5, 5.41) is 20.8. The average molecular weight is 476 g/mol. The summed E-state index contributed by atoms with van der Waals surface area (Å²) in [6.45, 7) is 8.00. The summed E-state index contributed by atoms with van der Waals surface area (Å²) >= 11 is 0. The number of amides is 1. The standard InChI is InChI=1S/C26H49N7O/c1-16-8-9-19(29-25(34)24-12-17(2)33(3)32-24)13-23(16)31-26-28-11-10-22(30-26)21-15-27-14-18-6-4-5-7-20(18)21/h16-24,26-28,30-32H,4-15H2,1-3H3,(H,29,34). The van der Waals surface area contributed by atoms with E-state index in [1.165, 1.54) is 45.2 Å². The molecule has 2 aliphatic carbocycles. The van der Waals surface area contributed by atoms with Crippen LogP contribution in [0.25, 0.3) is 0 Å². The fourth-order valence-corrected chi connectivity index (χ4v) is 7.56. The minimum atomic E-state index is -0.0964. The largest absolute Gasteiger partial charge is 0.352 e. The lowest BCUT2D eigenvalue weighted by Gasteiger charge is -2.48. The first-order chi connectivity index (χ1) is 16.5. The first-order valence-electron chi connectivity index (χ1n) is 14.2. The van der Waals surface area contributed by atoms with Crippen LogP contribution in [0, 0.1) is 23.7 Å². The number of fused-ring (bicyclic) bond motifs is 1. The molecule has 6 N–H and O–H groups in total. The Labute approximate surface area is 206 Å². The molecule has 34 heavy (non-hydrogen) atoms. The van der Waals surface area contributed by atoms with Gasteiger partial charge in [0.05, 0.1) is 0 Å². The predicted octanol–water partition coefficient (Wildman–Crippen LogP) is 1.11. The first-order valence-corrected chi connectivity index (χ1v) is 14.2. The highest BCUT2D eigenvalue weighted by Gasteiger charge is 2.41. The molecule has 8 heteroatoms. The Balaban J connectivity index is 1.13. The van der Waals surface area contributed by atoms with Crippen molar-refractivity contribution in [1.29, 1.82) is 0 Å². The van der Waals surface area contributed by atoms with Crippen LogP contribution in [0.15, 0.2) is 0 Å². The van der Waals surface area contributed by atoms with Gasteiger partial charge in [-0.05, 0) is 95.2 Å². The number of nitrogens with zero attached hydrogens (tertiary/aromatic N) is 1. The van der Waals surface area contributed by atoms with Crippen molar-refractivity contribution in [3.63, 3.8) is 0 Å². The molecule has 10 unspecified atom stereocenters. The van der Waals surface area contributed by atoms with E-state index in [9.17, 15) is 4.79 Å². The number of carbonyl (C=O) groups excluding carboxylic acids is 1. The van der Waals surface area contributed by atoms with Gasteiger partial charge in [0.25, 0.3) is 0 Å². The van der Waals surface area contributed by atoms with Crippen LogP contribution in [-0.4, -0.2) is 74.1 Å². The summed E-state index contributed by atoms with van der Waals surface area (Å²) in [5.74, 6) is 3.31. The van der Waals surface area contributed by atoms with E-state index in [4.69, 9.17) is 0 Å². The molecular weight excluding hydrogens is 426 g/mol. The summed E-state index contributed by atoms with van der Waals surface area (Å²) in [6, 6.07) is 1.55. The van der Waals surface area contributed by atoms with Crippen molar-refractivity contribution in [3.05, 3.63) is 0 Å². The van der Waals surface area contributed by atoms with Gasteiger partial charge in [-0.15, -0.1) is 0 Å². The van der Waals surface area contributed by atoms with Gasteiger partial charge in [-0.25, -0.2) is 10.4 Å². The van der Waals surface area contributed by atoms with Gasteiger partial charge in [0, 0.05) is 31.2 Å². The number of carbonyl (C=O) groups is 1. The summed E-state index contributed by atoms with van der Waals surface area (Å²) in [5.41, 5.74) is 3.31. The molecule has 0 aromatic carbocycles. The SMILES string of the molecule is CC1CCC(NC(=O)C2CC(C)N(C)N2)CC1NC1NCCC(C2CNCC3CCCCC32)N1. The summed E-state index contributed by atoms with van der Waals surface area (Å²) in [4.78, 5) is 12.9. The Morgan fingerprint density at radius 2 is 1.82 bits per heavy atom. The van der Waals surface area contributed by atoms with Crippen molar-refractivity contribution < 1.29 is 4.79 Å². The van der Waals surface area contributed by atoms with E-state index in [-0.39, 0.29) is 24.3 Å². The fourth-order valence-electron chi connectivity index (χ4n) is 7.56. The van der Waals surface area contributed by atoms with Crippen molar-refractivity contribution in [2.45, 2.75) is 108 Å². The van der Waals surface area contributed by atoms with Crippen molar-refractivity contribution in [2.75, 3.05) is 26.7 Å². The second-order valence-corrected chi connectivity index (χ2v) is 12.1. The number of rotatable bonds is 5. The highest BCUT2D eigenvalue weighted by atomic mass is 16.2. The van der Waals surface area contributed by atoms with Gasteiger partial charge in [-0.1, -0.05) is 19.8 Å². The maximum atomic E-state index is 12.9. The van der Waals surface area contributed by atoms with Gasteiger partial charge in [-0.2, -0.15) is 0 Å². The molecule has 0 spiro atoms. The van der Waals surface area contributed by atoms with Crippen molar-refractivity contribution in [3.8, 4) is 0 Å². The smallest absolute Gasteiger partial charge is 0.238 e. The molecule has 10 atom stereocenters. The number of hydrogen-bond donors (Lipinski definition) is 6. The van der Waals surface area contributed by atoms with Crippen LogP contribution in [0.1, 0.15) is 71.6 Å². The lowest BCUT2D eigenvalue weighted by molar-refractivity contribution is -0.124. The number of hydrogen-bond acceptors (Lipinski definition) is 7. The molecule has 0 aromatic heterocycles. The highest BCUT2D eigenvalue weighted by Crippen LogP contribution is 2.39. The zero-order valence-corrected chi connectivity index (χ0v) is 21.6. The third kappa shape index (κ3) is 5.62. The van der Waals surface area contributed by atoms with Crippen LogP contribution in [0.3, 0.4) is 0 Å². The number of piperidine rings is 1. The summed E-state index contributed by atoms with van der Waals surface area (Å²) < 4.78 is 0. The van der Waals surface area contributed by atoms with Crippen molar-refractivity contribution >= 4 is 5.91 Å². The zero-order valence-electron chi connectivity index (χ0n) is 21.6. The Morgan fingerprint density at radius 1 is 0.971 bits per heavy atom. The second kappa shape index (κ2) is 11.1. The van der Waals surface area contributed by atoms with Crippen LogP contribution in [0.5, 0.6) is 0 Å². The Bertz CT molecular complexity index is 680. The third-order valence-corrected chi connectivity index (χ3v) is 9.84. The summed E-state index contributed by atoms with van der Waals surface area (Å²) in [7, 11) is 2.02. The van der Waals surface area contributed by atoms with Gasteiger partial charge in [0.2, 0.25) is 5.91 Å². The topological polar surface area (TPSA) is 92.5 Å². The first kappa shape index (κ1) is 24.9. The van der Waals surface area contributed by atoms with Crippen LogP contribution in [0.4, 0.5) is 0 Å². The Kier molecular flexibility index (Phi) is 8.13. The molecule has 1 amide bonds. The molecule has 3 saturated heterocycles. The normalized spacial score (nSPS) is 46.1. The maximum absolute atomic E-state index is 12.9. The lowest BCUT2D eigenvalue weighted by Crippen LogP contribution is -2.67. The molecule has 2 saturated carbocycles. The molecule has 5 fully saturated rings. The Morgan fingerprint density at radius 3 is 2.65 bits per heavy atom. The number of nitrogens with one attached hydrogen (secondary N) is 6.